The molecular weight excluding hydrogens is 218 g/mol. The fourth-order valence-electron chi connectivity index (χ4n) is 0.996. The smallest absolute Gasteiger partial charge is 0.273 e. The second-order valence-corrected chi connectivity index (χ2v) is 3.62. The molecule has 0 saturated heterocycles. The maximum atomic E-state index is 10.5. The number of benzene rings is 1. The number of hydrogen-bond acceptors (Lipinski definition) is 3. The molecule has 1 unspecified atom stereocenters. The van der Waals surface area contributed by atoms with Crippen molar-refractivity contribution in [3.05, 3.63) is 33.3 Å². The Kier molecular flexibility index (Phi) is 3.91. The highest BCUT2D eigenvalue weighted by Crippen LogP contribution is 2.29. The molecule has 4 nitrogen and oxygen atoms in total. The Morgan fingerprint density at radius 3 is 2.80 bits per heavy atom. The summed E-state index contributed by atoms with van der Waals surface area (Å²) in [5, 5.41) is 10.9. The van der Waals surface area contributed by atoms with Gasteiger partial charge in [-0.3, -0.25) is 10.1 Å². The first-order valence-electron chi connectivity index (χ1n) is 4.65. The monoisotopic (exact) mass is 229 g/mol. The average molecular weight is 230 g/mol. The van der Waals surface area contributed by atoms with Crippen LogP contribution < -0.4 is 4.74 Å². The van der Waals surface area contributed by atoms with Gasteiger partial charge in [0.2, 0.25) is 0 Å². The zero-order chi connectivity index (χ0) is 11.4. The van der Waals surface area contributed by atoms with E-state index >= 15 is 0 Å². The van der Waals surface area contributed by atoms with E-state index < -0.39 is 4.92 Å². The number of nitro groups is 1. The fraction of sp³-hybridized carbons (Fsp3) is 0.400. The van der Waals surface area contributed by atoms with Crippen molar-refractivity contribution in [2.24, 2.45) is 0 Å². The average Bonchev–Trinajstić information content (AvgIpc) is 2.20. The van der Waals surface area contributed by atoms with Gasteiger partial charge < -0.3 is 4.74 Å². The van der Waals surface area contributed by atoms with Gasteiger partial charge in [-0.05, 0) is 19.4 Å². The molecule has 0 N–H and O–H groups in total. The third kappa shape index (κ3) is 3.09. The summed E-state index contributed by atoms with van der Waals surface area (Å²) in [6, 6.07) is 4.16. The van der Waals surface area contributed by atoms with Gasteiger partial charge in [0.25, 0.3) is 5.69 Å². The van der Waals surface area contributed by atoms with Gasteiger partial charge in [-0.25, -0.2) is 0 Å². The molecule has 0 fully saturated rings. The summed E-state index contributed by atoms with van der Waals surface area (Å²) in [6.45, 7) is 3.85. The highest BCUT2D eigenvalue weighted by Gasteiger charge is 2.12. The molecule has 0 amide bonds. The first kappa shape index (κ1) is 11.8. The van der Waals surface area contributed by atoms with Crippen molar-refractivity contribution in [3.8, 4) is 5.75 Å². The van der Waals surface area contributed by atoms with E-state index in [4.69, 9.17) is 16.3 Å². The molecule has 1 rings (SSSR count). The molecule has 82 valence electrons. The minimum absolute atomic E-state index is 0.00972. The Hall–Kier alpha value is -1.29. The lowest BCUT2D eigenvalue weighted by Gasteiger charge is -2.13. The molecule has 0 aliphatic heterocycles. The van der Waals surface area contributed by atoms with Crippen LogP contribution in [-0.4, -0.2) is 11.0 Å². The Balaban J connectivity index is 2.95. The lowest BCUT2D eigenvalue weighted by atomic mass is 10.3. The molecule has 0 heterocycles. The summed E-state index contributed by atoms with van der Waals surface area (Å²) in [4.78, 5) is 10.1. The van der Waals surface area contributed by atoms with Crippen molar-refractivity contribution in [1.29, 1.82) is 0 Å². The lowest BCUT2D eigenvalue weighted by Crippen LogP contribution is -2.10. The van der Waals surface area contributed by atoms with Crippen LogP contribution in [0.4, 0.5) is 5.69 Å². The maximum absolute atomic E-state index is 10.5. The number of halogens is 1. The molecule has 0 aliphatic rings. The van der Waals surface area contributed by atoms with E-state index in [-0.39, 0.29) is 11.8 Å². The first-order valence-corrected chi connectivity index (χ1v) is 5.03. The summed E-state index contributed by atoms with van der Waals surface area (Å²) >= 11 is 5.85. The van der Waals surface area contributed by atoms with Crippen LogP contribution >= 0.6 is 11.6 Å². The largest absolute Gasteiger partial charge is 0.489 e. The van der Waals surface area contributed by atoms with Crippen molar-refractivity contribution >= 4 is 17.3 Å². The molecule has 0 radical (unpaired) electrons. The van der Waals surface area contributed by atoms with E-state index in [1.807, 2.05) is 13.8 Å². The van der Waals surface area contributed by atoms with Crippen molar-refractivity contribution in [1.82, 2.24) is 0 Å². The molecule has 0 aromatic heterocycles. The van der Waals surface area contributed by atoms with Crippen molar-refractivity contribution < 1.29 is 9.66 Å². The first-order chi connectivity index (χ1) is 7.04. The Morgan fingerprint density at radius 2 is 2.27 bits per heavy atom. The summed E-state index contributed by atoms with van der Waals surface area (Å²) < 4.78 is 5.45. The number of hydrogen-bond donors (Lipinski definition) is 0. The van der Waals surface area contributed by atoms with Gasteiger partial charge in [0, 0.05) is 6.07 Å². The van der Waals surface area contributed by atoms with Crippen LogP contribution in [0.1, 0.15) is 20.3 Å². The van der Waals surface area contributed by atoms with Crippen LogP contribution in [0.2, 0.25) is 5.02 Å². The third-order valence-electron chi connectivity index (χ3n) is 2.03. The molecular formula is C10H12ClNO3. The summed E-state index contributed by atoms with van der Waals surface area (Å²) in [5.74, 6) is 0.361. The number of ether oxygens (including phenoxy) is 1. The molecule has 0 bridgehead atoms. The highest BCUT2D eigenvalue weighted by molar-refractivity contribution is 6.32. The molecule has 0 spiro atoms. The molecule has 15 heavy (non-hydrogen) atoms. The normalized spacial score (nSPS) is 12.2. The summed E-state index contributed by atoms with van der Waals surface area (Å²) in [7, 11) is 0. The standard InChI is InChI=1S/C10H12ClNO3/c1-3-7(2)15-10-6-8(12(13)14)4-5-9(10)11/h4-7H,3H2,1-2H3. The second-order valence-electron chi connectivity index (χ2n) is 3.21. The van der Waals surface area contributed by atoms with Crippen LogP contribution in [0, 0.1) is 10.1 Å². The zero-order valence-corrected chi connectivity index (χ0v) is 9.32. The van der Waals surface area contributed by atoms with E-state index in [1.54, 1.807) is 0 Å². The number of non-ortho nitro benzene ring substituents is 1. The number of rotatable bonds is 4. The van der Waals surface area contributed by atoms with Gasteiger partial charge in [0.05, 0.1) is 22.1 Å². The molecule has 0 aliphatic carbocycles. The van der Waals surface area contributed by atoms with Crippen LogP contribution in [0.3, 0.4) is 0 Å². The SMILES string of the molecule is CCC(C)Oc1cc([N+](=O)[O-])ccc1Cl. The van der Waals surface area contributed by atoms with Crippen LogP contribution in [-0.2, 0) is 0 Å². The second kappa shape index (κ2) is 4.98. The zero-order valence-electron chi connectivity index (χ0n) is 8.57. The number of nitro benzene ring substituents is 1. The Morgan fingerprint density at radius 1 is 1.60 bits per heavy atom. The van der Waals surface area contributed by atoms with E-state index in [9.17, 15) is 10.1 Å². The minimum Gasteiger partial charge on any atom is -0.489 e. The van der Waals surface area contributed by atoms with Gasteiger partial charge in [-0.15, -0.1) is 0 Å². The molecule has 1 atom stereocenters. The Bertz CT molecular complexity index is 368. The maximum Gasteiger partial charge on any atom is 0.273 e. The van der Waals surface area contributed by atoms with Crippen molar-refractivity contribution in [3.63, 3.8) is 0 Å². The predicted molar refractivity (Wildman–Crippen MR) is 58.5 cm³/mol. The summed E-state index contributed by atoms with van der Waals surface area (Å²) in [5.41, 5.74) is -0.0160. The minimum atomic E-state index is -0.472. The summed E-state index contributed by atoms with van der Waals surface area (Å²) in [6.07, 6.45) is 0.809. The van der Waals surface area contributed by atoms with E-state index in [2.05, 4.69) is 0 Å². The molecule has 5 heteroatoms. The predicted octanol–water partition coefficient (Wildman–Crippen LogP) is 3.43. The van der Waals surface area contributed by atoms with E-state index in [0.717, 1.165) is 6.42 Å². The lowest BCUT2D eigenvalue weighted by molar-refractivity contribution is -0.384. The van der Waals surface area contributed by atoms with E-state index in [0.29, 0.717) is 10.8 Å². The van der Waals surface area contributed by atoms with Gasteiger partial charge in [-0.2, -0.15) is 0 Å². The highest BCUT2D eigenvalue weighted by atomic mass is 35.5. The van der Waals surface area contributed by atoms with Crippen LogP contribution in [0.15, 0.2) is 18.2 Å². The van der Waals surface area contributed by atoms with Gasteiger partial charge in [0.1, 0.15) is 5.75 Å². The van der Waals surface area contributed by atoms with Crippen LogP contribution in [0.5, 0.6) is 5.75 Å². The molecule has 1 aromatic carbocycles. The quantitative estimate of drug-likeness (QED) is 0.587. The van der Waals surface area contributed by atoms with Crippen molar-refractivity contribution in [2.45, 2.75) is 26.4 Å². The van der Waals surface area contributed by atoms with Crippen LogP contribution in [0.25, 0.3) is 0 Å². The van der Waals surface area contributed by atoms with Gasteiger partial charge in [-0.1, -0.05) is 18.5 Å². The fourth-order valence-corrected chi connectivity index (χ4v) is 1.16. The van der Waals surface area contributed by atoms with Gasteiger partial charge in [0.15, 0.2) is 0 Å². The number of nitrogens with zero attached hydrogens (tertiary/aromatic N) is 1. The molecule has 1 aromatic rings. The topological polar surface area (TPSA) is 52.4 Å². The van der Waals surface area contributed by atoms with Crippen molar-refractivity contribution in [2.75, 3.05) is 0 Å². The Labute approximate surface area is 93.0 Å². The van der Waals surface area contributed by atoms with Gasteiger partial charge >= 0.3 is 0 Å². The molecule has 0 saturated carbocycles. The van der Waals surface area contributed by atoms with E-state index in [1.165, 1.54) is 18.2 Å². The third-order valence-corrected chi connectivity index (χ3v) is 2.34.